The van der Waals surface area contributed by atoms with Crippen molar-refractivity contribution in [3.63, 3.8) is 0 Å². The van der Waals surface area contributed by atoms with Crippen LogP contribution in [0, 0.1) is 0 Å². The van der Waals surface area contributed by atoms with Crippen LogP contribution in [0.5, 0.6) is 0 Å². The van der Waals surface area contributed by atoms with Gasteiger partial charge < -0.3 is 0 Å². The Bertz CT molecular complexity index is 210. The monoisotopic (exact) mass is 240 g/mol. The van der Waals surface area contributed by atoms with E-state index in [9.17, 15) is 3.32 Å². The number of rotatable bonds is 6. The molecule has 0 unspecified atom stereocenters. The third-order valence-electron chi connectivity index (χ3n) is 2.36. The first-order valence-corrected chi connectivity index (χ1v) is 9.64. The Hall–Kier alpha value is 0.434. The van der Waals surface area contributed by atoms with Crippen LogP contribution in [-0.4, -0.2) is 12.2 Å². The van der Waals surface area contributed by atoms with Crippen molar-refractivity contribution in [1.82, 2.24) is 0 Å². The first-order valence-electron chi connectivity index (χ1n) is 5.51. The molecule has 0 amide bonds. The molecule has 3 nitrogen and oxygen atoms in total. The predicted molar refractivity (Wildman–Crippen MR) is 54.1 cm³/mol. The van der Waals surface area contributed by atoms with Crippen molar-refractivity contribution in [3.05, 3.63) is 0 Å². The molecule has 0 atom stereocenters. The Morgan fingerprint density at radius 2 is 1.21 bits per heavy atom. The second-order valence-corrected chi connectivity index (χ2v) is 11.6. The van der Waals surface area contributed by atoms with Gasteiger partial charge in [0.15, 0.2) is 0 Å². The quantitative estimate of drug-likeness (QED) is 0.665. The van der Waals surface area contributed by atoms with Gasteiger partial charge in [0.25, 0.3) is 0 Å². The molecule has 0 radical (unpaired) electrons. The molecule has 0 aliphatic rings. The maximum atomic E-state index is 12.8. The van der Waals surface area contributed by atoms with E-state index in [4.69, 9.17) is 6.64 Å². The minimum atomic E-state index is -4.31. The minimum absolute atomic E-state index is 0.0388. The van der Waals surface area contributed by atoms with Crippen molar-refractivity contribution in [2.45, 2.75) is 63.2 Å². The summed E-state index contributed by atoms with van der Waals surface area (Å²) in [6, 6.07) is 0. The zero-order valence-electron chi connectivity index (χ0n) is 10.3. The van der Waals surface area contributed by atoms with Gasteiger partial charge in [-0.2, -0.15) is 0 Å². The summed E-state index contributed by atoms with van der Waals surface area (Å²) in [6.07, 6.45) is -0.0775. The average molecular weight is 240 g/mol. The molecule has 14 heavy (non-hydrogen) atoms. The molecule has 0 aromatic rings. The van der Waals surface area contributed by atoms with E-state index in [1.54, 1.807) is 0 Å². The number of hydrogen-bond donors (Lipinski definition) is 0. The molecular weight excluding hydrogens is 216 g/mol. The summed E-state index contributed by atoms with van der Waals surface area (Å²) in [5.74, 6) is 0. The van der Waals surface area contributed by atoms with Gasteiger partial charge in [0.05, 0.1) is 0 Å². The Labute approximate surface area is 89.3 Å². The van der Waals surface area contributed by atoms with Crippen molar-refractivity contribution >= 4 is 0 Å². The fraction of sp³-hybridized carbons (Fsp3) is 1.00. The van der Waals surface area contributed by atoms with Crippen LogP contribution in [0.3, 0.4) is 0 Å². The molecule has 0 bridgehead atoms. The van der Waals surface area contributed by atoms with E-state index in [1.807, 2.05) is 41.5 Å². The van der Waals surface area contributed by atoms with Crippen LogP contribution in [0.25, 0.3) is 0 Å². The second kappa shape index (κ2) is 4.97. The second-order valence-electron chi connectivity index (χ2n) is 4.41. The topological polar surface area (TPSA) is 35.5 Å². The van der Waals surface area contributed by atoms with Gasteiger partial charge in [-0.05, 0) is 0 Å². The van der Waals surface area contributed by atoms with Crippen LogP contribution in [0.2, 0.25) is 9.45 Å². The zero-order valence-corrected chi connectivity index (χ0v) is 11.9. The molecule has 0 aromatic heterocycles. The van der Waals surface area contributed by atoms with E-state index in [0.29, 0.717) is 9.45 Å². The predicted octanol–water partition coefficient (Wildman–Crippen LogP) is 3.58. The van der Waals surface area contributed by atoms with Crippen molar-refractivity contribution in [2.24, 2.45) is 0 Å². The Morgan fingerprint density at radius 1 is 0.929 bits per heavy atom. The Kier molecular flexibility index (Phi) is 5.13. The van der Waals surface area contributed by atoms with Gasteiger partial charge in [-0.3, -0.25) is 0 Å². The van der Waals surface area contributed by atoms with Crippen molar-refractivity contribution in [1.29, 1.82) is 0 Å². The van der Waals surface area contributed by atoms with Crippen LogP contribution in [0.4, 0.5) is 0 Å². The summed E-state index contributed by atoms with van der Waals surface area (Å²) in [4.78, 5) is 0. The van der Waals surface area contributed by atoms with E-state index in [0.717, 1.165) is 0 Å². The van der Waals surface area contributed by atoms with Gasteiger partial charge in [0, 0.05) is 0 Å². The molecule has 4 heteroatoms. The van der Waals surface area contributed by atoms with Crippen LogP contribution in [-0.2, 0) is 26.0 Å². The summed E-state index contributed by atoms with van der Waals surface area (Å²) >= 11 is -4.31. The summed E-state index contributed by atoms with van der Waals surface area (Å²) in [5, 5.41) is 0. The molecule has 0 saturated heterocycles. The molecule has 0 fully saturated rings. The summed E-state index contributed by atoms with van der Waals surface area (Å²) in [5.41, 5.74) is 0. The molecule has 0 spiro atoms. The Balaban J connectivity index is 4.91. The van der Waals surface area contributed by atoms with Gasteiger partial charge >= 0.3 is 89.2 Å². The fourth-order valence-electron chi connectivity index (χ4n) is 1.66. The molecule has 0 saturated carbocycles. The molecule has 0 aliphatic carbocycles. The maximum absolute atomic E-state index is 12.8. The molecule has 0 aliphatic heterocycles. The molecule has 0 N–H and O–H groups in total. The summed E-state index contributed by atoms with van der Waals surface area (Å²) < 4.78 is 25.1. The zero-order chi connectivity index (χ0) is 11.4. The fourth-order valence-corrected chi connectivity index (χ4v) is 6.86. The van der Waals surface area contributed by atoms with Gasteiger partial charge in [-0.1, -0.05) is 0 Å². The average Bonchev–Trinajstić information content (AvgIpc) is 2.02. The standard InChI is InChI=1S/2C3H7O.2C2H5.O.Ti/c2*1-3(2)4;2*1-2;;/h2*3H,1-2H3;2*1H2,2H3;;/q2*-1;;;;+2. The van der Waals surface area contributed by atoms with Crippen LogP contribution < -0.4 is 0 Å². The molecular formula is C10H24O3Ti. The first kappa shape index (κ1) is 14.4. The first-order chi connectivity index (χ1) is 6.25. The van der Waals surface area contributed by atoms with Gasteiger partial charge in [-0.25, -0.2) is 0 Å². The van der Waals surface area contributed by atoms with Crippen LogP contribution in [0.1, 0.15) is 41.5 Å². The Morgan fingerprint density at radius 3 is 1.36 bits per heavy atom. The normalized spacial score (nSPS) is 14.1. The number of hydrogen-bond acceptors (Lipinski definition) is 3. The molecule has 0 heterocycles. The third-order valence-corrected chi connectivity index (χ3v) is 9.74. The van der Waals surface area contributed by atoms with E-state index in [2.05, 4.69) is 0 Å². The third kappa shape index (κ3) is 3.89. The van der Waals surface area contributed by atoms with Crippen molar-refractivity contribution in [3.8, 4) is 0 Å². The van der Waals surface area contributed by atoms with Gasteiger partial charge in [-0.15, -0.1) is 0 Å². The van der Waals surface area contributed by atoms with Gasteiger partial charge in [0.1, 0.15) is 0 Å². The van der Waals surface area contributed by atoms with Crippen LogP contribution in [0.15, 0.2) is 0 Å². The summed E-state index contributed by atoms with van der Waals surface area (Å²) in [6.45, 7) is 11.4. The summed E-state index contributed by atoms with van der Waals surface area (Å²) in [7, 11) is 0. The van der Waals surface area contributed by atoms with Crippen molar-refractivity contribution in [2.75, 3.05) is 0 Å². The van der Waals surface area contributed by atoms with E-state index >= 15 is 0 Å². The van der Waals surface area contributed by atoms with Crippen molar-refractivity contribution < 1.29 is 26.0 Å². The van der Waals surface area contributed by atoms with Gasteiger partial charge in [0.2, 0.25) is 0 Å². The molecule has 0 rings (SSSR count). The van der Waals surface area contributed by atoms with E-state index in [-0.39, 0.29) is 12.2 Å². The van der Waals surface area contributed by atoms with E-state index in [1.165, 1.54) is 0 Å². The van der Waals surface area contributed by atoms with E-state index < -0.39 is 16.1 Å². The van der Waals surface area contributed by atoms with Crippen LogP contribution >= 0.6 is 0 Å². The SMILES string of the molecule is C[CH2][Ti](=[O])([CH2]C)([O]C(C)C)[O]C(C)C. The molecule has 86 valence electrons. The molecule has 0 aromatic carbocycles.